The van der Waals surface area contributed by atoms with Crippen molar-refractivity contribution in [3.05, 3.63) is 35.5 Å². The number of carboxylic acid groups (broad SMARTS) is 1. The molecule has 0 radical (unpaired) electrons. The molecule has 1 N–H and O–H groups in total. The van der Waals surface area contributed by atoms with Gasteiger partial charge in [-0.1, -0.05) is 12.1 Å². The third kappa shape index (κ3) is 1.46. The second-order valence-electron chi connectivity index (χ2n) is 4.76. The predicted octanol–water partition coefficient (Wildman–Crippen LogP) is 2.91. The molecule has 0 saturated heterocycles. The van der Waals surface area contributed by atoms with Gasteiger partial charge in [0.25, 0.3) is 0 Å². The maximum absolute atomic E-state index is 11.3. The molecule has 0 spiro atoms. The Hall–Kier alpha value is -1.77. The molecule has 3 rings (SSSR count). The first kappa shape index (κ1) is 10.4. The molecule has 1 aliphatic heterocycles. The molecular formula is C14H15NO2. The van der Waals surface area contributed by atoms with Gasteiger partial charge in [0.1, 0.15) is 0 Å². The van der Waals surface area contributed by atoms with Crippen molar-refractivity contribution in [2.45, 2.75) is 32.2 Å². The van der Waals surface area contributed by atoms with Gasteiger partial charge < -0.3 is 9.67 Å². The van der Waals surface area contributed by atoms with Crippen molar-refractivity contribution in [3.63, 3.8) is 0 Å². The van der Waals surface area contributed by atoms with Crippen LogP contribution in [0.1, 0.15) is 30.0 Å². The minimum absolute atomic E-state index is 0.337. The molecule has 0 fully saturated rings. The predicted molar refractivity (Wildman–Crippen MR) is 66.3 cm³/mol. The fourth-order valence-corrected chi connectivity index (χ4v) is 2.84. The van der Waals surface area contributed by atoms with Crippen LogP contribution in [-0.4, -0.2) is 15.6 Å². The van der Waals surface area contributed by atoms with E-state index in [1.807, 2.05) is 6.07 Å². The molecular weight excluding hydrogens is 214 g/mol. The van der Waals surface area contributed by atoms with Crippen molar-refractivity contribution >= 4 is 16.9 Å². The normalized spacial score (nSPS) is 19.2. The average Bonchev–Trinajstić information content (AvgIpc) is 2.69. The van der Waals surface area contributed by atoms with Crippen LogP contribution in [0.5, 0.6) is 0 Å². The number of hydrogen-bond donors (Lipinski definition) is 1. The van der Waals surface area contributed by atoms with Gasteiger partial charge in [-0.05, 0) is 37.5 Å². The van der Waals surface area contributed by atoms with Gasteiger partial charge in [-0.3, -0.25) is 4.79 Å². The number of hydrogen-bond acceptors (Lipinski definition) is 1. The van der Waals surface area contributed by atoms with E-state index in [0.29, 0.717) is 0 Å². The number of nitrogens with zero attached hydrogens (tertiary/aromatic N) is 1. The van der Waals surface area contributed by atoms with Crippen LogP contribution in [0.15, 0.2) is 24.3 Å². The molecule has 1 aliphatic rings. The van der Waals surface area contributed by atoms with Crippen LogP contribution in [0, 0.1) is 6.92 Å². The lowest BCUT2D eigenvalue weighted by molar-refractivity contribution is -0.139. The number of rotatable bonds is 1. The Morgan fingerprint density at radius 3 is 3.06 bits per heavy atom. The van der Waals surface area contributed by atoms with Gasteiger partial charge >= 0.3 is 5.97 Å². The standard InChI is InChI=1S/C14H15NO2/c1-9-4-2-6-12-11(9)8-13-10(14(16)17)5-3-7-15(12)13/h2,4,6,8,10H,3,5,7H2,1H3,(H,16,17). The van der Waals surface area contributed by atoms with Crippen LogP contribution in [-0.2, 0) is 11.3 Å². The summed E-state index contributed by atoms with van der Waals surface area (Å²) >= 11 is 0. The van der Waals surface area contributed by atoms with E-state index in [1.165, 1.54) is 16.5 Å². The molecule has 1 aromatic carbocycles. The van der Waals surface area contributed by atoms with E-state index in [1.54, 1.807) is 0 Å². The van der Waals surface area contributed by atoms with Crippen LogP contribution in [0.25, 0.3) is 10.9 Å². The fourth-order valence-electron chi connectivity index (χ4n) is 2.84. The molecule has 3 nitrogen and oxygen atoms in total. The molecule has 2 heterocycles. The molecule has 0 amide bonds. The monoisotopic (exact) mass is 229 g/mol. The Labute approximate surface area is 99.7 Å². The summed E-state index contributed by atoms with van der Waals surface area (Å²) in [5.41, 5.74) is 3.35. The van der Waals surface area contributed by atoms with Crippen molar-refractivity contribution < 1.29 is 9.90 Å². The third-order valence-corrected chi connectivity index (χ3v) is 3.73. The molecule has 0 saturated carbocycles. The molecule has 1 unspecified atom stereocenters. The van der Waals surface area contributed by atoms with E-state index in [0.717, 1.165) is 25.1 Å². The second-order valence-corrected chi connectivity index (χ2v) is 4.76. The minimum Gasteiger partial charge on any atom is -0.481 e. The van der Waals surface area contributed by atoms with Gasteiger partial charge in [0.05, 0.1) is 5.92 Å². The molecule has 2 aromatic rings. The number of aryl methyl sites for hydroxylation is 2. The van der Waals surface area contributed by atoms with Crippen LogP contribution < -0.4 is 0 Å². The highest BCUT2D eigenvalue weighted by Gasteiger charge is 2.27. The second kappa shape index (κ2) is 3.62. The summed E-state index contributed by atoms with van der Waals surface area (Å²) in [7, 11) is 0. The van der Waals surface area contributed by atoms with Gasteiger partial charge in [-0.15, -0.1) is 0 Å². The molecule has 0 aliphatic carbocycles. The largest absolute Gasteiger partial charge is 0.481 e. The van der Waals surface area contributed by atoms with Crippen LogP contribution in [0.2, 0.25) is 0 Å². The maximum Gasteiger partial charge on any atom is 0.312 e. The molecule has 0 bridgehead atoms. The summed E-state index contributed by atoms with van der Waals surface area (Å²) < 4.78 is 2.17. The Morgan fingerprint density at radius 1 is 1.47 bits per heavy atom. The zero-order valence-electron chi connectivity index (χ0n) is 9.81. The Balaban J connectivity index is 2.28. The van der Waals surface area contributed by atoms with Crippen molar-refractivity contribution in [2.75, 3.05) is 0 Å². The highest BCUT2D eigenvalue weighted by atomic mass is 16.4. The first-order valence-electron chi connectivity index (χ1n) is 6.00. The summed E-state index contributed by atoms with van der Waals surface area (Å²) in [6, 6.07) is 8.25. The number of carbonyl (C=O) groups is 1. The van der Waals surface area contributed by atoms with Gasteiger partial charge in [0.15, 0.2) is 0 Å². The van der Waals surface area contributed by atoms with E-state index >= 15 is 0 Å². The summed E-state index contributed by atoms with van der Waals surface area (Å²) in [5.74, 6) is -1.04. The molecule has 88 valence electrons. The number of carboxylic acids is 1. The van der Waals surface area contributed by atoms with Crippen molar-refractivity contribution in [1.29, 1.82) is 0 Å². The highest BCUT2D eigenvalue weighted by molar-refractivity contribution is 5.87. The summed E-state index contributed by atoms with van der Waals surface area (Å²) in [6.45, 7) is 3.01. The Bertz CT molecular complexity index is 598. The van der Waals surface area contributed by atoms with E-state index in [2.05, 4.69) is 29.7 Å². The quantitative estimate of drug-likeness (QED) is 0.817. The third-order valence-electron chi connectivity index (χ3n) is 3.73. The lowest BCUT2D eigenvalue weighted by Gasteiger charge is -2.22. The van der Waals surface area contributed by atoms with E-state index < -0.39 is 5.97 Å². The van der Waals surface area contributed by atoms with Crippen LogP contribution in [0.4, 0.5) is 0 Å². The SMILES string of the molecule is Cc1cccc2c1cc1n2CCCC1C(=O)O. The van der Waals surface area contributed by atoms with E-state index in [9.17, 15) is 9.90 Å². The summed E-state index contributed by atoms with van der Waals surface area (Å²) in [5, 5.41) is 10.5. The van der Waals surface area contributed by atoms with Crippen molar-refractivity contribution in [2.24, 2.45) is 0 Å². The van der Waals surface area contributed by atoms with Gasteiger partial charge in [0, 0.05) is 23.1 Å². The van der Waals surface area contributed by atoms with Gasteiger partial charge in [-0.25, -0.2) is 0 Å². The van der Waals surface area contributed by atoms with Gasteiger partial charge in [0.2, 0.25) is 0 Å². The molecule has 1 aromatic heterocycles. The molecule has 1 atom stereocenters. The Morgan fingerprint density at radius 2 is 2.29 bits per heavy atom. The first-order valence-corrected chi connectivity index (χ1v) is 6.00. The van der Waals surface area contributed by atoms with Crippen LogP contribution >= 0.6 is 0 Å². The number of aliphatic carboxylic acids is 1. The zero-order chi connectivity index (χ0) is 12.0. The first-order chi connectivity index (χ1) is 8.18. The lowest BCUT2D eigenvalue weighted by atomic mass is 9.96. The van der Waals surface area contributed by atoms with Crippen LogP contribution in [0.3, 0.4) is 0 Å². The smallest absolute Gasteiger partial charge is 0.312 e. The zero-order valence-corrected chi connectivity index (χ0v) is 9.81. The van der Waals surface area contributed by atoms with Crippen molar-refractivity contribution in [1.82, 2.24) is 4.57 Å². The molecule has 17 heavy (non-hydrogen) atoms. The summed E-state index contributed by atoms with van der Waals surface area (Å²) in [4.78, 5) is 11.3. The topological polar surface area (TPSA) is 42.2 Å². The Kier molecular flexibility index (Phi) is 2.21. The summed E-state index contributed by atoms with van der Waals surface area (Å²) in [6.07, 6.45) is 1.70. The van der Waals surface area contributed by atoms with Gasteiger partial charge in [-0.2, -0.15) is 0 Å². The fraction of sp³-hybridized carbons (Fsp3) is 0.357. The maximum atomic E-state index is 11.3. The highest BCUT2D eigenvalue weighted by Crippen LogP contribution is 2.34. The number of aromatic nitrogens is 1. The molecule has 3 heteroatoms. The van der Waals surface area contributed by atoms with E-state index in [-0.39, 0.29) is 5.92 Å². The van der Waals surface area contributed by atoms with Crippen molar-refractivity contribution in [3.8, 4) is 0 Å². The number of fused-ring (bicyclic) bond motifs is 3. The number of benzene rings is 1. The van der Waals surface area contributed by atoms with E-state index in [4.69, 9.17) is 0 Å². The lowest BCUT2D eigenvalue weighted by Crippen LogP contribution is -2.21. The minimum atomic E-state index is -0.702. The average molecular weight is 229 g/mol.